The van der Waals surface area contributed by atoms with Gasteiger partial charge in [-0.05, 0) is 19.1 Å². The maximum Gasteiger partial charge on any atom is 0.242 e. The molecule has 1 atom stereocenters. The first kappa shape index (κ1) is 12.4. The van der Waals surface area contributed by atoms with E-state index in [1.165, 1.54) is 19.1 Å². The molecule has 0 fully saturated rings. The molecule has 0 saturated heterocycles. The molecule has 0 aliphatic carbocycles. The standard InChI is InChI=1S/C8H11ClN2O3S/c1-6(12)4-11-15(13,14)7-2-3-8(9)10-5-7/h2-3,5-6,11-12H,4H2,1H3. The molecule has 0 spiro atoms. The Bertz CT molecular complexity index is 416. The van der Waals surface area contributed by atoms with Gasteiger partial charge in [0, 0.05) is 12.7 Å². The molecule has 1 unspecified atom stereocenters. The summed E-state index contributed by atoms with van der Waals surface area (Å²) in [5.41, 5.74) is 0. The van der Waals surface area contributed by atoms with Crippen LogP contribution < -0.4 is 4.72 Å². The van der Waals surface area contributed by atoms with Crippen LogP contribution in [0.15, 0.2) is 23.2 Å². The van der Waals surface area contributed by atoms with Crippen LogP contribution in [0.25, 0.3) is 0 Å². The predicted molar refractivity (Wildman–Crippen MR) is 56.1 cm³/mol. The number of rotatable bonds is 4. The summed E-state index contributed by atoms with van der Waals surface area (Å²) >= 11 is 5.52. The van der Waals surface area contributed by atoms with Crippen LogP contribution in [0.5, 0.6) is 0 Å². The highest BCUT2D eigenvalue weighted by molar-refractivity contribution is 7.89. The second-order valence-corrected chi connectivity index (χ2v) is 5.17. The molecule has 2 N–H and O–H groups in total. The molecule has 1 aromatic rings. The molecule has 0 saturated carbocycles. The molecular formula is C8H11ClN2O3S. The van der Waals surface area contributed by atoms with E-state index < -0.39 is 16.1 Å². The van der Waals surface area contributed by atoms with Gasteiger partial charge in [-0.2, -0.15) is 0 Å². The zero-order valence-electron chi connectivity index (χ0n) is 8.01. The third kappa shape index (κ3) is 3.75. The van der Waals surface area contributed by atoms with Crippen molar-refractivity contribution in [2.24, 2.45) is 0 Å². The van der Waals surface area contributed by atoms with Gasteiger partial charge in [0.05, 0.1) is 6.10 Å². The van der Waals surface area contributed by atoms with Crippen LogP contribution >= 0.6 is 11.6 Å². The minimum Gasteiger partial charge on any atom is -0.392 e. The smallest absolute Gasteiger partial charge is 0.242 e. The number of halogens is 1. The molecule has 0 aliphatic heterocycles. The number of hydrogen-bond donors (Lipinski definition) is 2. The number of pyridine rings is 1. The normalized spacial score (nSPS) is 13.8. The van der Waals surface area contributed by atoms with Gasteiger partial charge in [-0.25, -0.2) is 18.1 Å². The van der Waals surface area contributed by atoms with Crippen molar-refractivity contribution in [3.63, 3.8) is 0 Å². The van der Waals surface area contributed by atoms with Gasteiger partial charge >= 0.3 is 0 Å². The lowest BCUT2D eigenvalue weighted by Crippen LogP contribution is -2.30. The van der Waals surface area contributed by atoms with E-state index in [4.69, 9.17) is 16.7 Å². The largest absolute Gasteiger partial charge is 0.392 e. The van der Waals surface area contributed by atoms with Crippen LogP contribution in [0, 0.1) is 0 Å². The lowest BCUT2D eigenvalue weighted by atomic mass is 10.4. The highest BCUT2D eigenvalue weighted by Crippen LogP contribution is 2.10. The Labute approximate surface area is 93.2 Å². The SMILES string of the molecule is CC(O)CNS(=O)(=O)c1ccc(Cl)nc1. The van der Waals surface area contributed by atoms with Gasteiger partial charge in [-0.1, -0.05) is 11.6 Å². The summed E-state index contributed by atoms with van der Waals surface area (Å²) in [5, 5.41) is 9.17. The predicted octanol–water partition coefficient (Wildman–Crippen LogP) is 0.394. The minimum absolute atomic E-state index is 0.0209. The van der Waals surface area contributed by atoms with Crippen molar-refractivity contribution in [2.75, 3.05) is 6.54 Å². The summed E-state index contributed by atoms with van der Waals surface area (Å²) in [4.78, 5) is 3.68. The van der Waals surface area contributed by atoms with Crippen LogP contribution in [-0.4, -0.2) is 31.2 Å². The highest BCUT2D eigenvalue weighted by atomic mass is 35.5. The van der Waals surface area contributed by atoms with Crippen LogP contribution in [0.3, 0.4) is 0 Å². The second-order valence-electron chi connectivity index (χ2n) is 3.02. The summed E-state index contributed by atoms with van der Waals surface area (Å²) in [6, 6.07) is 2.73. The second kappa shape index (κ2) is 4.89. The molecule has 1 heterocycles. The fraction of sp³-hybridized carbons (Fsp3) is 0.375. The molecule has 0 aliphatic rings. The van der Waals surface area contributed by atoms with E-state index in [0.29, 0.717) is 0 Å². The number of sulfonamides is 1. The first-order valence-corrected chi connectivity index (χ1v) is 6.07. The van der Waals surface area contributed by atoms with Crippen molar-refractivity contribution in [1.82, 2.24) is 9.71 Å². The van der Waals surface area contributed by atoms with Crippen LogP contribution in [0.4, 0.5) is 0 Å². The highest BCUT2D eigenvalue weighted by Gasteiger charge is 2.14. The molecule has 0 aromatic carbocycles. The molecule has 15 heavy (non-hydrogen) atoms. The maximum absolute atomic E-state index is 11.5. The fourth-order valence-electron chi connectivity index (χ4n) is 0.835. The van der Waals surface area contributed by atoms with E-state index in [9.17, 15) is 8.42 Å². The third-order valence-corrected chi connectivity index (χ3v) is 3.21. The molecule has 7 heteroatoms. The van der Waals surface area contributed by atoms with E-state index in [2.05, 4.69) is 9.71 Å². The van der Waals surface area contributed by atoms with Gasteiger partial charge in [0.25, 0.3) is 0 Å². The van der Waals surface area contributed by atoms with Crippen LogP contribution in [0.1, 0.15) is 6.92 Å². The van der Waals surface area contributed by atoms with E-state index in [1.807, 2.05) is 0 Å². The van der Waals surface area contributed by atoms with Crippen molar-refractivity contribution in [3.8, 4) is 0 Å². The number of nitrogens with zero attached hydrogens (tertiary/aromatic N) is 1. The average Bonchev–Trinajstić information content (AvgIpc) is 2.16. The quantitative estimate of drug-likeness (QED) is 0.758. The van der Waals surface area contributed by atoms with Crippen molar-refractivity contribution in [2.45, 2.75) is 17.9 Å². The lowest BCUT2D eigenvalue weighted by molar-refractivity contribution is 0.198. The molecule has 5 nitrogen and oxygen atoms in total. The Hall–Kier alpha value is -0.690. The van der Waals surface area contributed by atoms with Gasteiger partial charge in [0.1, 0.15) is 10.0 Å². The van der Waals surface area contributed by atoms with Crippen LogP contribution in [-0.2, 0) is 10.0 Å². The molecule has 84 valence electrons. The van der Waals surface area contributed by atoms with Crippen molar-refractivity contribution in [3.05, 3.63) is 23.5 Å². The number of hydrogen-bond acceptors (Lipinski definition) is 4. The topological polar surface area (TPSA) is 79.3 Å². The van der Waals surface area contributed by atoms with Gasteiger partial charge in [-0.15, -0.1) is 0 Å². The average molecular weight is 251 g/mol. The number of aliphatic hydroxyl groups excluding tert-OH is 1. The van der Waals surface area contributed by atoms with E-state index in [-0.39, 0.29) is 16.6 Å². The first-order chi connectivity index (χ1) is 6.92. The Morgan fingerprint density at radius 1 is 1.60 bits per heavy atom. The number of aliphatic hydroxyl groups is 1. The maximum atomic E-state index is 11.5. The van der Waals surface area contributed by atoms with Gasteiger partial charge in [0.15, 0.2) is 0 Å². The fourth-order valence-corrected chi connectivity index (χ4v) is 2.01. The monoisotopic (exact) mass is 250 g/mol. The van der Waals surface area contributed by atoms with E-state index >= 15 is 0 Å². The van der Waals surface area contributed by atoms with Crippen molar-refractivity contribution < 1.29 is 13.5 Å². The molecular weight excluding hydrogens is 240 g/mol. The van der Waals surface area contributed by atoms with E-state index in [1.54, 1.807) is 0 Å². The number of aromatic nitrogens is 1. The molecule has 0 amide bonds. The molecule has 1 rings (SSSR count). The van der Waals surface area contributed by atoms with E-state index in [0.717, 1.165) is 6.20 Å². The Morgan fingerprint density at radius 2 is 2.27 bits per heavy atom. The molecule has 0 bridgehead atoms. The lowest BCUT2D eigenvalue weighted by Gasteiger charge is -2.07. The summed E-state index contributed by atoms with van der Waals surface area (Å²) in [5.74, 6) is 0. The molecule has 1 aromatic heterocycles. The minimum atomic E-state index is -3.60. The van der Waals surface area contributed by atoms with Crippen molar-refractivity contribution >= 4 is 21.6 Å². The zero-order chi connectivity index (χ0) is 11.5. The van der Waals surface area contributed by atoms with Gasteiger partial charge in [-0.3, -0.25) is 0 Å². The molecule has 0 radical (unpaired) electrons. The summed E-state index contributed by atoms with van der Waals surface area (Å²) in [6.07, 6.45) is 0.423. The first-order valence-electron chi connectivity index (χ1n) is 4.21. The Balaban J connectivity index is 2.82. The third-order valence-electron chi connectivity index (χ3n) is 1.58. The summed E-state index contributed by atoms with van der Waals surface area (Å²) in [6.45, 7) is 1.45. The Kier molecular flexibility index (Phi) is 4.04. The van der Waals surface area contributed by atoms with Crippen LogP contribution in [0.2, 0.25) is 5.15 Å². The summed E-state index contributed by atoms with van der Waals surface area (Å²) < 4.78 is 25.3. The summed E-state index contributed by atoms with van der Waals surface area (Å²) in [7, 11) is -3.60. The number of nitrogens with one attached hydrogen (secondary N) is 1. The Morgan fingerprint density at radius 3 is 2.73 bits per heavy atom. The van der Waals surface area contributed by atoms with Gasteiger partial charge < -0.3 is 5.11 Å². The van der Waals surface area contributed by atoms with Crippen molar-refractivity contribution in [1.29, 1.82) is 0 Å². The zero-order valence-corrected chi connectivity index (χ0v) is 9.59. The van der Waals surface area contributed by atoms with Gasteiger partial charge in [0.2, 0.25) is 10.0 Å².